The molecule has 0 saturated heterocycles. The number of rotatable bonds is 6. The van der Waals surface area contributed by atoms with Crippen LogP contribution in [0.25, 0.3) is 5.69 Å². The van der Waals surface area contributed by atoms with Crippen molar-refractivity contribution in [2.24, 2.45) is 7.05 Å². The molecule has 132 valence electrons. The van der Waals surface area contributed by atoms with Crippen molar-refractivity contribution >= 4 is 19.5 Å². The Kier molecular flexibility index (Phi) is 5.94. The summed E-state index contributed by atoms with van der Waals surface area (Å²) in [6, 6.07) is 2.46. The van der Waals surface area contributed by atoms with E-state index in [-0.39, 0.29) is 30.4 Å². The van der Waals surface area contributed by atoms with Gasteiger partial charge in [0.2, 0.25) is 5.88 Å². The Morgan fingerprint density at radius 2 is 2.08 bits per heavy atom. The maximum Gasteiger partial charge on any atom is 0.335 e. The van der Waals surface area contributed by atoms with E-state index < -0.39 is 11.5 Å². The smallest absolute Gasteiger partial charge is 0.335 e. The topological polar surface area (TPSA) is 56.4 Å². The molecule has 0 aliphatic carbocycles. The molecule has 0 radical (unpaired) electrons. The molecule has 24 heavy (non-hydrogen) atoms. The molecular formula is C16H21ClFN2O3P. The number of halogens is 2. The molecule has 0 aliphatic rings. The van der Waals surface area contributed by atoms with Crippen LogP contribution in [0, 0.1) is 5.82 Å². The fourth-order valence-electron chi connectivity index (χ4n) is 2.38. The van der Waals surface area contributed by atoms with Gasteiger partial charge in [-0.2, -0.15) is 0 Å². The van der Waals surface area contributed by atoms with Gasteiger partial charge in [0.1, 0.15) is 17.4 Å². The van der Waals surface area contributed by atoms with Crippen LogP contribution in [0.4, 0.5) is 4.39 Å². The standard InChI is InChI=1S/C16H21ClFN2O3P/c1-5-15(24(4)6-2)23-13-8-12(11(18)7-10(13)17)20-14(21)9-19(3)16(20)22/h7-9,15,21H,5-6H2,1-4H3. The molecular weight excluding hydrogens is 354 g/mol. The van der Waals surface area contributed by atoms with Crippen LogP contribution in [0.5, 0.6) is 11.6 Å². The molecule has 0 saturated carbocycles. The highest BCUT2D eigenvalue weighted by Crippen LogP contribution is 2.41. The Hall–Kier alpha value is -1.52. The first-order valence-corrected chi connectivity index (χ1v) is 10.1. The van der Waals surface area contributed by atoms with Crippen LogP contribution >= 0.6 is 19.5 Å². The number of benzene rings is 1. The zero-order valence-electron chi connectivity index (χ0n) is 14.1. The third-order valence-electron chi connectivity index (χ3n) is 3.88. The Labute approximate surface area is 146 Å². The van der Waals surface area contributed by atoms with E-state index >= 15 is 0 Å². The lowest BCUT2D eigenvalue weighted by Gasteiger charge is -2.24. The first-order valence-electron chi connectivity index (χ1n) is 7.63. The fraction of sp³-hybridized carbons (Fsp3) is 0.438. The minimum Gasteiger partial charge on any atom is -0.493 e. The van der Waals surface area contributed by atoms with Gasteiger partial charge >= 0.3 is 5.69 Å². The lowest BCUT2D eigenvalue weighted by Crippen LogP contribution is -2.21. The fourth-order valence-corrected chi connectivity index (χ4v) is 3.90. The molecule has 2 atom stereocenters. The maximum absolute atomic E-state index is 14.3. The summed E-state index contributed by atoms with van der Waals surface area (Å²) in [5.41, 5.74) is -0.651. The van der Waals surface area contributed by atoms with Gasteiger partial charge in [-0.15, -0.1) is 0 Å². The molecule has 1 aromatic heterocycles. The summed E-state index contributed by atoms with van der Waals surface area (Å²) >= 11 is 6.11. The van der Waals surface area contributed by atoms with Gasteiger partial charge in [0.25, 0.3) is 0 Å². The molecule has 2 rings (SSSR count). The average Bonchev–Trinajstić information content (AvgIpc) is 2.79. The Morgan fingerprint density at radius 1 is 1.42 bits per heavy atom. The predicted octanol–water partition coefficient (Wildman–Crippen LogP) is 3.92. The molecule has 2 unspecified atom stereocenters. The first-order chi connectivity index (χ1) is 11.3. The van der Waals surface area contributed by atoms with Gasteiger partial charge in [0, 0.05) is 13.1 Å². The van der Waals surface area contributed by atoms with Crippen LogP contribution in [-0.4, -0.2) is 32.9 Å². The van der Waals surface area contributed by atoms with Crippen LogP contribution in [0.2, 0.25) is 5.02 Å². The van der Waals surface area contributed by atoms with E-state index in [1.54, 1.807) is 0 Å². The van der Waals surface area contributed by atoms with Crippen LogP contribution in [-0.2, 0) is 7.05 Å². The second-order valence-corrected chi connectivity index (χ2v) is 8.63. The maximum atomic E-state index is 14.3. The minimum absolute atomic E-state index is 0.0121. The van der Waals surface area contributed by atoms with E-state index in [0.717, 1.165) is 23.2 Å². The number of imidazole rings is 1. The van der Waals surface area contributed by atoms with E-state index in [4.69, 9.17) is 16.3 Å². The highest BCUT2D eigenvalue weighted by Gasteiger charge is 2.21. The van der Waals surface area contributed by atoms with Crippen LogP contribution in [0.1, 0.15) is 20.3 Å². The zero-order chi connectivity index (χ0) is 18.0. The lowest BCUT2D eigenvalue weighted by atomic mass is 10.2. The van der Waals surface area contributed by atoms with E-state index in [1.165, 1.54) is 23.9 Å². The molecule has 8 heteroatoms. The van der Waals surface area contributed by atoms with Crippen molar-refractivity contribution in [1.82, 2.24) is 9.13 Å². The lowest BCUT2D eigenvalue weighted by molar-refractivity contribution is 0.278. The van der Waals surface area contributed by atoms with Crippen LogP contribution in [0.3, 0.4) is 0 Å². The molecule has 0 fully saturated rings. The summed E-state index contributed by atoms with van der Waals surface area (Å²) < 4.78 is 22.3. The van der Waals surface area contributed by atoms with Gasteiger partial charge < -0.3 is 9.84 Å². The van der Waals surface area contributed by atoms with Gasteiger partial charge in [-0.1, -0.05) is 33.4 Å². The van der Waals surface area contributed by atoms with Crippen LogP contribution < -0.4 is 10.4 Å². The molecule has 5 nitrogen and oxygen atoms in total. The monoisotopic (exact) mass is 374 g/mol. The summed E-state index contributed by atoms with van der Waals surface area (Å²) in [6.45, 7) is 6.25. The van der Waals surface area contributed by atoms with Crippen molar-refractivity contribution in [2.75, 3.05) is 12.8 Å². The molecule has 2 aromatic rings. The number of ether oxygens (including phenoxy) is 1. The molecule has 0 bridgehead atoms. The van der Waals surface area contributed by atoms with Crippen molar-refractivity contribution in [3.05, 3.63) is 39.7 Å². The predicted molar refractivity (Wildman–Crippen MR) is 95.7 cm³/mol. The van der Waals surface area contributed by atoms with Crippen molar-refractivity contribution in [3.8, 4) is 17.3 Å². The van der Waals surface area contributed by atoms with Crippen molar-refractivity contribution in [3.63, 3.8) is 0 Å². The summed E-state index contributed by atoms with van der Waals surface area (Å²) in [6.07, 6.45) is 3.02. The van der Waals surface area contributed by atoms with Gasteiger partial charge in [-0.3, -0.25) is 4.57 Å². The SMILES string of the molecule is CCC(Oc1cc(-n2c(O)cn(C)c2=O)c(F)cc1Cl)P(C)CC. The summed E-state index contributed by atoms with van der Waals surface area (Å²) in [5, 5.41) is 10.0. The van der Waals surface area contributed by atoms with E-state index in [9.17, 15) is 14.3 Å². The second kappa shape index (κ2) is 7.58. The van der Waals surface area contributed by atoms with Gasteiger partial charge in [-0.25, -0.2) is 13.8 Å². The third-order valence-corrected chi connectivity index (χ3v) is 6.62. The quantitative estimate of drug-likeness (QED) is 0.780. The minimum atomic E-state index is -0.710. The Morgan fingerprint density at radius 3 is 2.58 bits per heavy atom. The van der Waals surface area contributed by atoms with Gasteiger partial charge in [0.05, 0.1) is 16.9 Å². The second-order valence-electron chi connectivity index (χ2n) is 5.50. The molecule has 1 N–H and O–H groups in total. The number of hydrogen-bond donors (Lipinski definition) is 1. The summed E-state index contributed by atoms with van der Waals surface area (Å²) in [4.78, 5) is 12.1. The highest BCUT2D eigenvalue weighted by atomic mass is 35.5. The summed E-state index contributed by atoms with van der Waals surface area (Å²) in [7, 11) is 1.12. The molecule has 0 aliphatic heterocycles. The number of hydrogen-bond acceptors (Lipinski definition) is 3. The number of aromatic hydroxyl groups is 1. The molecule has 0 amide bonds. The van der Waals surface area contributed by atoms with E-state index in [0.29, 0.717) is 5.75 Å². The zero-order valence-corrected chi connectivity index (χ0v) is 15.7. The molecule has 1 aromatic carbocycles. The van der Waals surface area contributed by atoms with Crippen molar-refractivity contribution in [2.45, 2.75) is 26.1 Å². The Bertz CT molecular complexity index is 790. The van der Waals surface area contributed by atoms with Crippen molar-refractivity contribution < 1.29 is 14.2 Å². The number of aryl methyl sites for hydroxylation is 1. The van der Waals surface area contributed by atoms with E-state index in [2.05, 4.69) is 13.6 Å². The van der Waals surface area contributed by atoms with Crippen LogP contribution in [0.15, 0.2) is 23.1 Å². The van der Waals surface area contributed by atoms with E-state index in [1.807, 2.05) is 6.92 Å². The normalized spacial score (nSPS) is 13.8. The Balaban J connectivity index is 2.51. The molecule has 1 heterocycles. The largest absolute Gasteiger partial charge is 0.493 e. The van der Waals surface area contributed by atoms with Crippen molar-refractivity contribution in [1.29, 1.82) is 0 Å². The first kappa shape index (κ1) is 18.8. The highest BCUT2D eigenvalue weighted by molar-refractivity contribution is 7.57. The third kappa shape index (κ3) is 3.60. The number of aromatic nitrogens is 2. The summed E-state index contributed by atoms with van der Waals surface area (Å²) in [5.74, 6) is -0.772. The number of nitrogens with zero attached hydrogens (tertiary/aromatic N) is 2. The average molecular weight is 375 g/mol. The molecule has 0 spiro atoms. The van der Waals surface area contributed by atoms with Gasteiger partial charge in [0.15, 0.2) is 0 Å². The van der Waals surface area contributed by atoms with Gasteiger partial charge in [-0.05, 0) is 25.3 Å².